The fourth-order valence-electron chi connectivity index (χ4n) is 2.90. The molecule has 0 unspecified atom stereocenters. The Labute approximate surface area is 142 Å². The predicted molar refractivity (Wildman–Crippen MR) is 97.0 cm³/mol. The summed E-state index contributed by atoms with van der Waals surface area (Å²) >= 11 is 0. The van der Waals surface area contributed by atoms with Gasteiger partial charge in [0.05, 0.1) is 7.11 Å². The lowest BCUT2D eigenvalue weighted by atomic mass is 10.2. The Morgan fingerprint density at radius 2 is 1.79 bits per heavy atom. The number of carbonyl (C=O) groups excluding carboxylic acids is 1. The summed E-state index contributed by atoms with van der Waals surface area (Å²) in [6.45, 7) is 5.21. The van der Waals surface area contributed by atoms with Crippen molar-refractivity contribution in [3.05, 3.63) is 54.1 Å². The molecule has 126 valence electrons. The molecule has 0 radical (unpaired) electrons. The third-order valence-electron chi connectivity index (χ3n) is 4.25. The summed E-state index contributed by atoms with van der Waals surface area (Å²) in [7, 11) is 1.62. The molecule has 1 heterocycles. The third kappa shape index (κ3) is 3.79. The quantitative estimate of drug-likeness (QED) is 0.941. The van der Waals surface area contributed by atoms with Gasteiger partial charge in [-0.25, -0.2) is 4.79 Å². The summed E-state index contributed by atoms with van der Waals surface area (Å²) in [5.41, 5.74) is 3.23. The fourth-order valence-corrected chi connectivity index (χ4v) is 2.90. The first-order valence-electron chi connectivity index (χ1n) is 8.17. The Morgan fingerprint density at radius 1 is 1.04 bits per heavy atom. The van der Waals surface area contributed by atoms with E-state index in [1.165, 1.54) is 11.3 Å². The summed E-state index contributed by atoms with van der Waals surface area (Å²) in [5.74, 6) is 0.733. The normalized spacial score (nSPS) is 14.4. The van der Waals surface area contributed by atoms with Crippen molar-refractivity contribution in [2.75, 3.05) is 43.5 Å². The van der Waals surface area contributed by atoms with Gasteiger partial charge >= 0.3 is 6.03 Å². The summed E-state index contributed by atoms with van der Waals surface area (Å²) in [5, 5.41) is 2.94. The molecule has 1 saturated heterocycles. The van der Waals surface area contributed by atoms with Crippen LogP contribution in [0.1, 0.15) is 5.56 Å². The summed E-state index contributed by atoms with van der Waals surface area (Å²) in [6, 6.07) is 15.8. The zero-order chi connectivity index (χ0) is 16.9. The molecule has 0 atom stereocenters. The van der Waals surface area contributed by atoms with Gasteiger partial charge in [0.2, 0.25) is 0 Å². The van der Waals surface area contributed by atoms with E-state index in [4.69, 9.17) is 4.74 Å². The molecule has 0 spiro atoms. The van der Waals surface area contributed by atoms with Gasteiger partial charge in [-0.2, -0.15) is 0 Å². The van der Waals surface area contributed by atoms with Crippen LogP contribution in [0.15, 0.2) is 48.5 Å². The minimum atomic E-state index is -0.0628. The highest BCUT2D eigenvalue weighted by Crippen LogP contribution is 2.19. The smallest absolute Gasteiger partial charge is 0.321 e. The molecule has 0 bridgehead atoms. The molecule has 2 aromatic rings. The molecule has 0 aromatic heterocycles. The highest BCUT2D eigenvalue weighted by Gasteiger charge is 2.21. The number of hydrogen-bond acceptors (Lipinski definition) is 3. The highest BCUT2D eigenvalue weighted by atomic mass is 16.5. The van der Waals surface area contributed by atoms with E-state index in [0.29, 0.717) is 13.1 Å². The van der Waals surface area contributed by atoms with Crippen LogP contribution in [0.4, 0.5) is 16.2 Å². The number of piperazine rings is 1. The second kappa shape index (κ2) is 7.25. The van der Waals surface area contributed by atoms with E-state index in [1.807, 2.05) is 29.2 Å². The van der Waals surface area contributed by atoms with Crippen molar-refractivity contribution >= 4 is 17.4 Å². The van der Waals surface area contributed by atoms with Gasteiger partial charge in [0.1, 0.15) is 5.75 Å². The molecule has 1 aliphatic rings. The van der Waals surface area contributed by atoms with Gasteiger partial charge in [-0.3, -0.25) is 0 Å². The molecule has 2 amide bonds. The van der Waals surface area contributed by atoms with E-state index in [-0.39, 0.29) is 6.03 Å². The number of ether oxygens (including phenoxy) is 1. The van der Waals surface area contributed by atoms with E-state index < -0.39 is 0 Å². The lowest BCUT2D eigenvalue weighted by Crippen LogP contribution is -2.50. The molecule has 0 aliphatic carbocycles. The number of carbonyl (C=O) groups is 1. The molecule has 0 saturated carbocycles. The molecule has 1 fully saturated rings. The van der Waals surface area contributed by atoms with Gasteiger partial charge in [0.25, 0.3) is 0 Å². The minimum absolute atomic E-state index is 0.0628. The van der Waals surface area contributed by atoms with Crippen molar-refractivity contribution in [3.63, 3.8) is 0 Å². The topological polar surface area (TPSA) is 44.8 Å². The van der Waals surface area contributed by atoms with Gasteiger partial charge in [0.15, 0.2) is 0 Å². The van der Waals surface area contributed by atoms with E-state index in [9.17, 15) is 4.79 Å². The summed E-state index contributed by atoms with van der Waals surface area (Å²) in [6.07, 6.45) is 0. The van der Waals surface area contributed by atoms with Crippen molar-refractivity contribution in [1.82, 2.24) is 4.90 Å². The zero-order valence-corrected chi connectivity index (χ0v) is 14.2. The Bertz CT molecular complexity index is 709. The zero-order valence-electron chi connectivity index (χ0n) is 14.2. The van der Waals surface area contributed by atoms with Gasteiger partial charge in [-0.05, 0) is 36.8 Å². The number of rotatable bonds is 3. The number of benzene rings is 2. The number of methoxy groups -OCH3 is 1. The Morgan fingerprint density at radius 3 is 2.50 bits per heavy atom. The Hall–Kier alpha value is -2.69. The molecule has 2 aromatic carbocycles. The average Bonchev–Trinajstić information content (AvgIpc) is 2.62. The lowest BCUT2D eigenvalue weighted by Gasteiger charge is -2.36. The van der Waals surface area contributed by atoms with Crippen LogP contribution in [0.3, 0.4) is 0 Å². The first-order chi connectivity index (χ1) is 11.7. The van der Waals surface area contributed by atoms with Crippen LogP contribution in [0.5, 0.6) is 5.75 Å². The van der Waals surface area contributed by atoms with Crippen LogP contribution >= 0.6 is 0 Å². The van der Waals surface area contributed by atoms with Crippen LogP contribution in [-0.2, 0) is 0 Å². The van der Waals surface area contributed by atoms with Crippen LogP contribution in [0, 0.1) is 6.92 Å². The number of aryl methyl sites for hydroxylation is 1. The van der Waals surface area contributed by atoms with E-state index in [1.54, 1.807) is 7.11 Å². The van der Waals surface area contributed by atoms with Crippen molar-refractivity contribution in [2.45, 2.75) is 6.92 Å². The Kier molecular flexibility index (Phi) is 4.89. The molecule has 24 heavy (non-hydrogen) atoms. The first kappa shape index (κ1) is 16.2. The van der Waals surface area contributed by atoms with E-state index in [0.717, 1.165) is 24.5 Å². The number of nitrogens with zero attached hydrogens (tertiary/aromatic N) is 2. The molecule has 3 rings (SSSR count). The van der Waals surface area contributed by atoms with E-state index >= 15 is 0 Å². The number of anilines is 2. The summed E-state index contributed by atoms with van der Waals surface area (Å²) in [4.78, 5) is 16.6. The second-order valence-corrected chi connectivity index (χ2v) is 5.98. The molecular formula is C19H23N3O2. The number of urea groups is 1. The maximum Gasteiger partial charge on any atom is 0.321 e. The highest BCUT2D eigenvalue weighted by molar-refractivity contribution is 5.89. The SMILES string of the molecule is COc1cccc(NC(=O)N2CCN(c3cccc(C)c3)CC2)c1. The molecular weight excluding hydrogens is 302 g/mol. The number of nitrogens with one attached hydrogen (secondary N) is 1. The predicted octanol–water partition coefficient (Wildman–Crippen LogP) is 3.36. The van der Waals surface area contributed by atoms with Crippen molar-refractivity contribution in [3.8, 4) is 5.75 Å². The fraction of sp³-hybridized carbons (Fsp3) is 0.316. The molecule has 5 nitrogen and oxygen atoms in total. The minimum Gasteiger partial charge on any atom is -0.497 e. The first-order valence-corrected chi connectivity index (χ1v) is 8.17. The van der Waals surface area contributed by atoms with Gasteiger partial charge in [-0.1, -0.05) is 18.2 Å². The molecule has 1 N–H and O–H groups in total. The van der Waals surface area contributed by atoms with Crippen LogP contribution in [0.2, 0.25) is 0 Å². The maximum absolute atomic E-state index is 12.4. The largest absolute Gasteiger partial charge is 0.497 e. The van der Waals surface area contributed by atoms with Gasteiger partial charge in [0, 0.05) is 43.6 Å². The van der Waals surface area contributed by atoms with E-state index in [2.05, 4.69) is 41.4 Å². The van der Waals surface area contributed by atoms with Crippen molar-refractivity contribution in [1.29, 1.82) is 0 Å². The van der Waals surface area contributed by atoms with Crippen LogP contribution < -0.4 is 15.0 Å². The third-order valence-corrected chi connectivity index (χ3v) is 4.25. The van der Waals surface area contributed by atoms with Crippen molar-refractivity contribution in [2.24, 2.45) is 0 Å². The number of amides is 2. The molecule has 1 aliphatic heterocycles. The monoisotopic (exact) mass is 325 g/mol. The second-order valence-electron chi connectivity index (χ2n) is 5.98. The van der Waals surface area contributed by atoms with Gasteiger partial charge < -0.3 is 19.9 Å². The molecule has 5 heteroatoms. The summed E-state index contributed by atoms with van der Waals surface area (Å²) < 4.78 is 5.18. The lowest BCUT2D eigenvalue weighted by molar-refractivity contribution is 0.208. The Balaban J connectivity index is 1.57. The van der Waals surface area contributed by atoms with Gasteiger partial charge in [-0.15, -0.1) is 0 Å². The average molecular weight is 325 g/mol. The van der Waals surface area contributed by atoms with Crippen LogP contribution in [-0.4, -0.2) is 44.2 Å². The maximum atomic E-state index is 12.4. The van der Waals surface area contributed by atoms with Crippen molar-refractivity contribution < 1.29 is 9.53 Å². The standard InChI is InChI=1S/C19H23N3O2/c1-15-5-3-7-17(13-15)21-9-11-22(12-10-21)19(23)20-16-6-4-8-18(14-16)24-2/h3-8,13-14H,9-12H2,1-2H3,(H,20,23). The number of hydrogen-bond donors (Lipinski definition) is 1. The van der Waals surface area contributed by atoms with Crippen LogP contribution in [0.25, 0.3) is 0 Å².